The maximum Gasteiger partial charge on any atom is 0.310 e. The third-order valence-electron chi connectivity index (χ3n) is 10.2. The quantitative estimate of drug-likeness (QED) is 0.0262. The third kappa shape index (κ3) is 48.8. The van der Waals surface area contributed by atoms with E-state index >= 15 is 0 Å². The second-order valence-electron chi connectivity index (χ2n) is 16.3. The van der Waals surface area contributed by atoms with Crippen LogP contribution in [0.25, 0.3) is 0 Å². The molecule has 6 heteroatoms. The summed E-state index contributed by atoms with van der Waals surface area (Å²) >= 11 is 0. The molecule has 1 unspecified atom stereocenters. The van der Waals surface area contributed by atoms with Crippen molar-refractivity contribution < 1.29 is 28.6 Å². The Hall–Kier alpha value is -4.19. The molecule has 360 valence electrons. The van der Waals surface area contributed by atoms with Gasteiger partial charge < -0.3 is 14.2 Å². The van der Waals surface area contributed by atoms with Gasteiger partial charge in [-0.2, -0.15) is 0 Å². The molecular formula is C58H92O6. The van der Waals surface area contributed by atoms with E-state index in [9.17, 15) is 14.4 Å². The van der Waals surface area contributed by atoms with Gasteiger partial charge in [-0.3, -0.25) is 14.4 Å². The van der Waals surface area contributed by atoms with Crippen molar-refractivity contribution in [2.45, 2.75) is 213 Å². The van der Waals surface area contributed by atoms with Crippen molar-refractivity contribution in [3.63, 3.8) is 0 Å². The molecule has 0 aromatic heterocycles. The van der Waals surface area contributed by atoms with Gasteiger partial charge in [0.05, 0.1) is 6.42 Å². The van der Waals surface area contributed by atoms with Crippen molar-refractivity contribution in [2.24, 2.45) is 0 Å². The summed E-state index contributed by atoms with van der Waals surface area (Å²) in [4.78, 5) is 37.9. The van der Waals surface area contributed by atoms with Crippen molar-refractivity contribution >= 4 is 17.9 Å². The molecule has 0 aromatic rings. The Bertz CT molecular complexity index is 1390. The summed E-state index contributed by atoms with van der Waals surface area (Å²) < 4.78 is 16.6. The molecule has 0 fully saturated rings. The minimum absolute atomic E-state index is 0.0815. The zero-order chi connectivity index (χ0) is 46.5. The Labute approximate surface area is 392 Å². The molecule has 64 heavy (non-hydrogen) atoms. The molecule has 0 heterocycles. The number of ether oxygens (including phenoxy) is 3. The number of carbonyl (C=O) groups excluding carboxylic acids is 3. The van der Waals surface area contributed by atoms with Crippen LogP contribution in [-0.4, -0.2) is 37.2 Å². The Kier molecular flexibility index (Phi) is 48.1. The van der Waals surface area contributed by atoms with Crippen LogP contribution in [0.3, 0.4) is 0 Å². The SMILES string of the molecule is CC/C=C\C/C=C\C/C=C\C/C=C\C/C=C\CC(=O)OC(COC(=O)CCCC/C=C\C/C=C\C/C=C\C/C=C\CC)COC(=O)CCCCCCC/C=C\CCCCCCCCC. The second kappa shape index (κ2) is 51.4. The van der Waals surface area contributed by atoms with Crippen LogP contribution in [0.2, 0.25) is 0 Å². The predicted molar refractivity (Wildman–Crippen MR) is 274 cm³/mol. The van der Waals surface area contributed by atoms with E-state index in [-0.39, 0.29) is 38.0 Å². The molecule has 0 bridgehead atoms. The first-order valence-electron chi connectivity index (χ1n) is 25.5. The van der Waals surface area contributed by atoms with Crippen LogP contribution in [-0.2, 0) is 28.6 Å². The molecule has 0 rings (SSSR count). The highest BCUT2D eigenvalue weighted by molar-refractivity contribution is 5.72. The predicted octanol–water partition coefficient (Wildman–Crippen LogP) is 16.9. The fourth-order valence-electron chi connectivity index (χ4n) is 6.44. The van der Waals surface area contributed by atoms with Gasteiger partial charge in [0.1, 0.15) is 13.2 Å². The summed E-state index contributed by atoms with van der Waals surface area (Å²) in [6.45, 7) is 6.26. The van der Waals surface area contributed by atoms with Gasteiger partial charge in [-0.05, 0) is 109 Å². The topological polar surface area (TPSA) is 78.9 Å². The first-order chi connectivity index (χ1) is 31.5. The Balaban J connectivity index is 4.60. The molecule has 0 aliphatic heterocycles. The van der Waals surface area contributed by atoms with Crippen LogP contribution in [0.4, 0.5) is 0 Å². The normalized spacial score (nSPS) is 13.1. The van der Waals surface area contributed by atoms with Crippen LogP contribution in [0, 0.1) is 0 Å². The average Bonchev–Trinajstić information content (AvgIpc) is 3.29. The van der Waals surface area contributed by atoms with E-state index in [2.05, 4.69) is 130 Å². The molecule has 0 aliphatic carbocycles. The summed E-state index contributed by atoms with van der Waals surface area (Å²) in [5.74, 6) is -1.13. The molecule has 0 aromatic carbocycles. The second-order valence-corrected chi connectivity index (χ2v) is 16.3. The van der Waals surface area contributed by atoms with E-state index < -0.39 is 12.1 Å². The molecule has 0 saturated heterocycles. The number of hydrogen-bond acceptors (Lipinski definition) is 6. The molecule has 0 amide bonds. The summed E-state index contributed by atoms with van der Waals surface area (Å²) in [6, 6.07) is 0. The number of carbonyl (C=O) groups is 3. The average molecular weight is 885 g/mol. The maximum atomic E-state index is 12.7. The minimum atomic E-state index is -0.855. The summed E-state index contributed by atoms with van der Waals surface area (Å²) in [6.07, 6.45) is 70.7. The Morgan fingerprint density at radius 3 is 1.08 bits per heavy atom. The van der Waals surface area contributed by atoms with Gasteiger partial charge in [0.25, 0.3) is 0 Å². The lowest BCUT2D eigenvalue weighted by molar-refractivity contribution is -0.166. The summed E-state index contributed by atoms with van der Waals surface area (Å²) in [5, 5.41) is 0. The zero-order valence-electron chi connectivity index (χ0n) is 41.0. The van der Waals surface area contributed by atoms with Gasteiger partial charge in [-0.25, -0.2) is 0 Å². The number of allylic oxidation sites excluding steroid dienone is 19. The van der Waals surface area contributed by atoms with Gasteiger partial charge in [0.15, 0.2) is 6.10 Å². The van der Waals surface area contributed by atoms with Crippen molar-refractivity contribution in [3.8, 4) is 0 Å². The number of esters is 3. The van der Waals surface area contributed by atoms with Gasteiger partial charge in [0.2, 0.25) is 0 Å². The molecule has 0 aliphatic rings. The fourth-order valence-corrected chi connectivity index (χ4v) is 6.44. The van der Waals surface area contributed by atoms with Crippen LogP contribution in [0.15, 0.2) is 122 Å². The van der Waals surface area contributed by atoms with E-state index in [1.807, 2.05) is 6.08 Å². The Morgan fingerprint density at radius 1 is 0.344 bits per heavy atom. The lowest BCUT2D eigenvalue weighted by Crippen LogP contribution is -2.30. The van der Waals surface area contributed by atoms with Crippen molar-refractivity contribution in [2.75, 3.05) is 13.2 Å². The molecule has 0 spiro atoms. The zero-order valence-corrected chi connectivity index (χ0v) is 41.0. The van der Waals surface area contributed by atoms with Crippen LogP contribution in [0.1, 0.15) is 207 Å². The summed E-state index contributed by atoms with van der Waals surface area (Å²) in [7, 11) is 0. The lowest BCUT2D eigenvalue weighted by atomic mass is 10.1. The van der Waals surface area contributed by atoms with Crippen molar-refractivity contribution in [1.29, 1.82) is 0 Å². The van der Waals surface area contributed by atoms with Gasteiger partial charge in [-0.1, -0.05) is 200 Å². The van der Waals surface area contributed by atoms with E-state index in [4.69, 9.17) is 14.2 Å². The van der Waals surface area contributed by atoms with Gasteiger partial charge >= 0.3 is 17.9 Å². The fraction of sp³-hybridized carbons (Fsp3) is 0.603. The van der Waals surface area contributed by atoms with Gasteiger partial charge in [0, 0.05) is 12.8 Å². The molecule has 0 N–H and O–H groups in total. The maximum absolute atomic E-state index is 12.7. The Morgan fingerprint density at radius 2 is 0.656 bits per heavy atom. The van der Waals surface area contributed by atoms with Crippen LogP contribution >= 0.6 is 0 Å². The van der Waals surface area contributed by atoms with E-state index in [1.54, 1.807) is 6.08 Å². The first-order valence-corrected chi connectivity index (χ1v) is 25.5. The van der Waals surface area contributed by atoms with Crippen LogP contribution in [0.5, 0.6) is 0 Å². The monoisotopic (exact) mass is 885 g/mol. The largest absolute Gasteiger partial charge is 0.462 e. The van der Waals surface area contributed by atoms with E-state index in [1.165, 1.54) is 57.8 Å². The van der Waals surface area contributed by atoms with E-state index in [0.29, 0.717) is 19.3 Å². The smallest absolute Gasteiger partial charge is 0.310 e. The number of hydrogen-bond donors (Lipinski definition) is 0. The number of rotatable bonds is 44. The van der Waals surface area contributed by atoms with Crippen LogP contribution < -0.4 is 0 Å². The highest BCUT2D eigenvalue weighted by atomic mass is 16.6. The van der Waals surface area contributed by atoms with Gasteiger partial charge in [-0.15, -0.1) is 0 Å². The molecule has 0 saturated carbocycles. The lowest BCUT2D eigenvalue weighted by Gasteiger charge is -2.18. The molecule has 1 atom stereocenters. The standard InChI is InChI=1S/C58H92O6/c1-4-7-10-13-16-19-22-25-28-31-33-36-39-42-45-48-51-57(60)63-54-55(64-58(61)52-49-46-43-40-37-34-30-27-24-21-18-15-12-9-6-3)53-62-56(59)50-47-44-41-38-35-32-29-26-23-20-17-14-11-8-5-2/h8-9,11-12,17-18,20-21,26-31,35,37-38,40,46,49,55H,4-7,10,13-16,19,22-25,32-34,36,39,41-45,47-48,50-54H2,1-3H3/b11-8-,12-9-,20-17-,21-18-,29-26-,30-27-,31-28-,38-35-,40-37-,49-46-. The minimum Gasteiger partial charge on any atom is -0.462 e. The highest BCUT2D eigenvalue weighted by Gasteiger charge is 2.19. The number of unbranched alkanes of at least 4 members (excludes halogenated alkanes) is 14. The highest BCUT2D eigenvalue weighted by Crippen LogP contribution is 2.12. The molecular weight excluding hydrogens is 793 g/mol. The van der Waals surface area contributed by atoms with E-state index in [0.717, 1.165) is 96.3 Å². The first kappa shape index (κ1) is 59.8. The van der Waals surface area contributed by atoms with Crippen molar-refractivity contribution in [1.82, 2.24) is 0 Å². The summed E-state index contributed by atoms with van der Waals surface area (Å²) in [5.41, 5.74) is 0. The third-order valence-corrected chi connectivity index (χ3v) is 10.2. The van der Waals surface area contributed by atoms with Crippen molar-refractivity contribution in [3.05, 3.63) is 122 Å². The molecule has 0 radical (unpaired) electrons. The molecule has 6 nitrogen and oxygen atoms in total.